The van der Waals surface area contributed by atoms with Crippen LogP contribution in [0.3, 0.4) is 0 Å². The minimum absolute atomic E-state index is 0.00856. The summed E-state index contributed by atoms with van der Waals surface area (Å²) in [5.41, 5.74) is 2.20. The number of methoxy groups -OCH3 is 1. The van der Waals surface area contributed by atoms with Gasteiger partial charge in [-0.25, -0.2) is 19.7 Å². The fourth-order valence-corrected chi connectivity index (χ4v) is 5.73. The summed E-state index contributed by atoms with van der Waals surface area (Å²) in [5.74, 6) is 1.99. The first kappa shape index (κ1) is 26.1. The summed E-state index contributed by atoms with van der Waals surface area (Å²) in [4.78, 5) is 25.5. The number of imidazole rings is 1. The van der Waals surface area contributed by atoms with Crippen LogP contribution in [0.4, 0.5) is 10.6 Å². The summed E-state index contributed by atoms with van der Waals surface area (Å²) in [5, 5.41) is 23.1. The van der Waals surface area contributed by atoms with Crippen LogP contribution in [0, 0.1) is 17.2 Å². The molecule has 10 heteroatoms. The summed E-state index contributed by atoms with van der Waals surface area (Å²) >= 11 is 0. The smallest absolute Gasteiger partial charge is 0.410 e. The molecular formula is C28H37N7O3. The van der Waals surface area contributed by atoms with Crippen molar-refractivity contribution in [2.75, 3.05) is 12.4 Å². The zero-order valence-corrected chi connectivity index (χ0v) is 22.1. The number of hydrogen-bond donors (Lipinski definition) is 4. The number of rotatable bonds is 9. The lowest BCUT2D eigenvalue weighted by molar-refractivity contribution is 0.124. The van der Waals surface area contributed by atoms with Crippen LogP contribution in [0.15, 0.2) is 30.3 Å². The maximum absolute atomic E-state index is 11.3. The third kappa shape index (κ3) is 5.50. The molecule has 1 aromatic carbocycles. The molecule has 38 heavy (non-hydrogen) atoms. The van der Waals surface area contributed by atoms with E-state index in [-0.39, 0.29) is 17.7 Å². The molecule has 2 fully saturated rings. The molecule has 2 heterocycles. The van der Waals surface area contributed by atoms with Crippen molar-refractivity contribution in [3.8, 4) is 0 Å². The van der Waals surface area contributed by atoms with Crippen molar-refractivity contribution in [2.45, 2.75) is 77.0 Å². The summed E-state index contributed by atoms with van der Waals surface area (Å²) in [7, 11) is 1.68. The van der Waals surface area contributed by atoms with Crippen LogP contribution in [0.5, 0.6) is 0 Å². The van der Waals surface area contributed by atoms with E-state index in [0.29, 0.717) is 23.3 Å². The van der Waals surface area contributed by atoms with E-state index in [4.69, 9.17) is 15.1 Å². The number of nitrogens with zero attached hydrogens (tertiary/aromatic N) is 4. The number of amidine groups is 1. The number of aromatic nitrogens is 4. The lowest BCUT2D eigenvalue weighted by atomic mass is 9.80. The van der Waals surface area contributed by atoms with Gasteiger partial charge in [0.2, 0.25) is 0 Å². The molecule has 1 amide bonds. The normalized spacial score (nSPS) is 18.1. The maximum atomic E-state index is 11.3. The summed E-state index contributed by atoms with van der Waals surface area (Å²) in [6, 6.07) is 10.2. The van der Waals surface area contributed by atoms with E-state index < -0.39 is 12.2 Å². The number of anilines is 1. The number of hydrogen-bond acceptors (Lipinski definition) is 7. The van der Waals surface area contributed by atoms with Gasteiger partial charge in [-0.15, -0.1) is 0 Å². The first-order chi connectivity index (χ1) is 18.4. The Labute approximate surface area is 222 Å². The minimum Gasteiger partial charge on any atom is -0.465 e. The minimum atomic E-state index is -1.33. The number of nitrogens with one attached hydrogen (secondary N) is 3. The molecule has 0 aliphatic heterocycles. The van der Waals surface area contributed by atoms with Gasteiger partial charge >= 0.3 is 6.09 Å². The number of benzene rings is 1. The molecule has 3 aromatic rings. The van der Waals surface area contributed by atoms with Gasteiger partial charge in [0.15, 0.2) is 23.1 Å². The molecule has 1 unspecified atom stereocenters. The second-order valence-corrected chi connectivity index (χ2v) is 10.6. The Kier molecular flexibility index (Phi) is 7.87. The molecular weight excluding hydrogens is 482 g/mol. The van der Waals surface area contributed by atoms with Crippen LogP contribution in [0.1, 0.15) is 81.6 Å². The molecule has 2 saturated carbocycles. The summed E-state index contributed by atoms with van der Waals surface area (Å²) in [6.07, 6.45) is 7.86. The highest BCUT2D eigenvalue weighted by molar-refractivity contribution is 6.03. The molecule has 0 saturated heterocycles. The third-order valence-corrected chi connectivity index (χ3v) is 8.05. The highest BCUT2D eigenvalue weighted by Gasteiger charge is 2.30. The first-order valence-electron chi connectivity index (χ1n) is 13.7. The summed E-state index contributed by atoms with van der Waals surface area (Å²) < 4.78 is 8.22. The lowest BCUT2D eigenvalue weighted by Crippen LogP contribution is -2.33. The van der Waals surface area contributed by atoms with Gasteiger partial charge in [-0.3, -0.25) is 10.7 Å². The van der Waals surface area contributed by atoms with Crippen molar-refractivity contribution in [3.05, 3.63) is 47.5 Å². The monoisotopic (exact) mass is 519 g/mol. The molecule has 2 aromatic heterocycles. The molecule has 2 aliphatic rings. The van der Waals surface area contributed by atoms with E-state index in [1.165, 1.54) is 25.7 Å². The molecule has 5 rings (SSSR count). The standard InChI is InChI=1S/C28H37N7O3/c1-17(19-14-9-15-19)30-24-21-25(33-26(32-24)23(29)31-28(36)37)34-27(22(38-2)20-12-7-4-8-13-20)35(21)16-18-10-5-3-6-11-18/h4,7-8,12-13,17-19,22H,3,5-6,9-11,14-16H2,1-2H3,(H2,29,31)(H,36,37)(H,30,32,33)/t17-,22?/m1/s1. The SMILES string of the molecule is COC(c1ccccc1)c1nc2nc(C(=N)NC(=O)O)nc(N[C@H](C)C3CCC3)c2n1CC1CCCCC1. The van der Waals surface area contributed by atoms with Crippen molar-refractivity contribution < 1.29 is 14.6 Å². The quantitative estimate of drug-likeness (QED) is 0.221. The number of fused-ring (bicyclic) bond motifs is 1. The van der Waals surface area contributed by atoms with Crippen LogP contribution < -0.4 is 10.6 Å². The first-order valence-corrected chi connectivity index (χ1v) is 13.7. The zero-order valence-electron chi connectivity index (χ0n) is 22.1. The van der Waals surface area contributed by atoms with E-state index in [1.807, 2.05) is 30.3 Å². The van der Waals surface area contributed by atoms with E-state index in [2.05, 4.69) is 32.1 Å². The predicted octanol–water partition coefficient (Wildman–Crippen LogP) is 5.34. The topological polar surface area (TPSA) is 138 Å². The molecule has 2 atom stereocenters. The van der Waals surface area contributed by atoms with Crippen LogP contribution in [0.25, 0.3) is 11.2 Å². The average molecular weight is 520 g/mol. The third-order valence-electron chi connectivity index (χ3n) is 8.05. The Morgan fingerprint density at radius 2 is 1.84 bits per heavy atom. The van der Waals surface area contributed by atoms with E-state index in [9.17, 15) is 9.90 Å². The largest absolute Gasteiger partial charge is 0.465 e. The van der Waals surface area contributed by atoms with Crippen LogP contribution in [0.2, 0.25) is 0 Å². The van der Waals surface area contributed by atoms with Gasteiger partial charge in [-0.05, 0) is 50.0 Å². The fourth-order valence-electron chi connectivity index (χ4n) is 5.73. The van der Waals surface area contributed by atoms with Crippen LogP contribution in [-0.4, -0.2) is 49.7 Å². The lowest BCUT2D eigenvalue weighted by Gasteiger charge is -2.32. The van der Waals surface area contributed by atoms with Crippen molar-refractivity contribution in [1.29, 1.82) is 5.41 Å². The number of ether oxygens (including phenoxy) is 1. The molecule has 202 valence electrons. The molecule has 0 bridgehead atoms. The molecule has 2 aliphatic carbocycles. The molecule has 0 spiro atoms. The van der Waals surface area contributed by atoms with Gasteiger partial charge in [0.05, 0.1) is 0 Å². The fraction of sp³-hybridized carbons (Fsp3) is 0.536. The number of carbonyl (C=O) groups is 1. The molecule has 4 N–H and O–H groups in total. The highest BCUT2D eigenvalue weighted by Crippen LogP contribution is 2.36. The number of carboxylic acid groups (broad SMARTS) is 1. The van der Waals surface area contributed by atoms with Gasteiger partial charge in [0, 0.05) is 19.7 Å². The van der Waals surface area contributed by atoms with E-state index in [0.717, 1.165) is 49.1 Å². The van der Waals surface area contributed by atoms with Crippen molar-refractivity contribution in [1.82, 2.24) is 24.8 Å². The Hall–Kier alpha value is -3.53. The van der Waals surface area contributed by atoms with Gasteiger partial charge in [0.1, 0.15) is 17.4 Å². The Balaban J connectivity index is 1.66. The van der Waals surface area contributed by atoms with Crippen LogP contribution in [-0.2, 0) is 11.3 Å². The second-order valence-electron chi connectivity index (χ2n) is 10.6. The summed E-state index contributed by atoms with van der Waals surface area (Å²) in [6.45, 7) is 2.93. The van der Waals surface area contributed by atoms with Crippen molar-refractivity contribution in [3.63, 3.8) is 0 Å². The Bertz CT molecular complexity index is 1280. The zero-order chi connectivity index (χ0) is 26.6. The molecule has 10 nitrogen and oxygen atoms in total. The average Bonchev–Trinajstić information content (AvgIpc) is 3.22. The van der Waals surface area contributed by atoms with Gasteiger partial charge in [0.25, 0.3) is 0 Å². The molecule has 0 radical (unpaired) electrons. The Morgan fingerprint density at radius 1 is 1.11 bits per heavy atom. The van der Waals surface area contributed by atoms with Gasteiger partial charge < -0.3 is 19.7 Å². The van der Waals surface area contributed by atoms with E-state index in [1.54, 1.807) is 7.11 Å². The van der Waals surface area contributed by atoms with Crippen molar-refractivity contribution in [2.24, 2.45) is 11.8 Å². The Morgan fingerprint density at radius 3 is 2.47 bits per heavy atom. The van der Waals surface area contributed by atoms with E-state index >= 15 is 0 Å². The van der Waals surface area contributed by atoms with Crippen LogP contribution >= 0.6 is 0 Å². The predicted molar refractivity (Wildman–Crippen MR) is 146 cm³/mol. The maximum Gasteiger partial charge on any atom is 0.410 e. The second kappa shape index (κ2) is 11.5. The van der Waals surface area contributed by atoms with Gasteiger partial charge in [-0.1, -0.05) is 56.0 Å². The van der Waals surface area contributed by atoms with Crippen molar-refractivity contribution >= 4 is 28.9 Å². The number of amides is 1. The van der Waals surface area contributed by atoms with Gasteiger partial charge in [-0.2, -0.15) is 0 Å². The highest BCUT2D eigenvalue weighted by atomic mass is 16.5.